The van der Waals surface area contributed by atoms with Crippen molar-refractivity contribution < 1.29 is 14.3 Å². The number of fused-ring (bicyclic) bond motifs is 1. The lowest BCUT2D eigenvalue weighted by Crippen LogP contribution is -2.36. The molecule has 2 heterocycles. The minimum Gasteiger partial charge on any atom is -0.445 e. The van der Waals surface area contributed by atoms with Gasteiger partial charge in [-0.25, -0.2) is 19.6 Å². The summed E-state index contributed by atoms with van der Waals surface area (Å²) in [5.41, 5.74) is 4.60. The van der Waals surface area contributed by atoms with Gasteiger partial charge in [0.1, 0.15) is 17.9 Å². The van der Waals surface area contributed by atoms with Crippen LogP contribution in [0.25, 0.3) is 22.4 Å². The van der Waals surface area contributed by atoms with Crippen molar-refractivity contribution in [2.45, 2.75) is 45.8 Å². The van der Waals surface area contributed by atoms with E-state index < -0.39 is 6.09 Å². The second-order valence-corrected chi connectivity index (χ2v) is 8.98. The number of aryl methyl sites for hydroxylation is 1. The Kier molecular flexibility index (Phi) is 9.17. The molecule has 4 aromatic rings. The van der Waals surface area contributed by atoms with Crippen molar-refractivity contribution in [3.63, 3.8) is 0 Å². The van der Waals surface area contributed by atoms with E-state index in [-0.39, 0.29) is 18.7 Å². The lowest BCUT2D eigenvalue weighted by molar-refractivity contribution is 0.140. The Morgan fingerprint density at radius 1 is 0.974 bits per heavy atom. The van der Waals surface area contributed by atoms with Gasteiger partial charge in [0.15, 0.2) is 5.65 Å². The first-order valence-corrected chi connectivity index (χ1v) is 12.8. The van der Waals surface area contributed by atoms with Crippen molar-refractivity contribution in [2.75, 3.05) is 11.9 Å². The number of alkyl carbamates (subject to hydrolysis) is 1. The van der Waals surface area contributed by atoms with E-state index in [2.05, 4.69) is 43.0 Å². The van der Waals surface area contributed by atoms with Gasteiger partial charge in [-0.1, -0.05) is 48.5 Å². The average Bonchev–Trinajstić information content (AvgIpc) is 2.92. The molecule has 0 bridgehead atoms. The first kappa shape index (κ1) is 26.5. The van der Waals surface area contributed by atoms with Crippen LogP contribution in [-0.2, 0) is 17.8 Å². The molecule has 0 aliphatic carbocycles. The number of pyridine rings is 1. The van der Waals surface area contributed by atoms with Crippen molar-refractivity contribution in [1.82, 2.24) is 25.6 Å². The summed E-state index contributed by atoms with van der Waals surface area (Å²) in [6.45, 7) is 4.47. The zero-order valence-electron chi connectivity index (χ0n) is 21.6. The molecule has 0 aliphatic rings. The molecule has 0 saturated carbocycles. The van der Waals surface area contributed by atoms with E-state index in [1.807, 2.05) is 56.3 Å². The van der Waals surface area contributed by atoms with Gasteiger partial charge in [0.25, 0.3) is 0 Å². The molecule has 0 radical (unpaired) electrons. The zero-order chi connectivity index (χ0) is 26.7. The van der Waals surface area contributed by atoms with Gasteiger partial charge in [-0.3, -0.25) is 10.3 Å². The molecule has 1 atom stereocenters. The summed E-state index contributed by atoms with van der Waals surface area (Å²) in [5.74, 6) is 0.391. The van der Waals surface area contributed by atoms with Gasteiger partial charge in [-0.05, 0) is 62.4 Å². The first-order chi connectivity index (χ1) is 18.5. The third kappa shape index (κ3) is 7.73. The molecule has 2 aromatic carbocycles. The Labute approximate surface area is 222 Å². The first-order valence-electron chi connectivity index (χ1n) is 12.8. The van der Waals surface area contributed by atoms with Crippen molar-refractivity contribution in [3.8, 4) is 11.3 Å². The molecule has 0 unspecified atom stereocenters. The highest BCUT2D eigenvalue weighted by molar-refractivity contribution is 5.89. The second-order valence-electron chi connectivity index (χ2n) is 8.98. The maximum atomic E-state index is 12.5. The molecule has 0 saturated heterocycles. The summed E-state index contributed by atoms with van der Waals surface area (Å²) in [6.07, 6.45) is 4.04. The standard InChI is InChI=1S/C29H32N6O3/c1-3-30-29(37)38-19-22-13-8-14-23(17-22)25-18-31-24-15-16-26(34-27(24)33-25)35-28(36)32-20(2)9-7-12-21-10-5-4-6-11-21/h4-6,8,10-11,13-18,20H,3,7,9,12,19H2,1-2H3,(H,30,37)(H2,32,33,34,35,36)/t20-/m1/s1. The van der Waals surface area contributed by atoms with Gasteiger partial charge in [0.2, 0.25) is 0 Å². The number of amides is 3. The van der Waals surface area contributed by atoms with Crippen LogP contribution in [0.4, 0.5) is 15.4 Å². The normalized spacial score (nSPS) is 11.5. The van der Waals surface area contributed by atoms with Gasteiger partial charge in [0, 0.05) is 18.2 Å². The Bertz CT molecular complexity index is 1380. The highest BCUT2D eigenvalue weighted by Crippen LogP contribution is 2.21. The number of aromatic nitrogens is 3. The molecular formula is C29H32N6O3. The molecule has 4 rings (SSSR count). The summed E-state index contributed by atoms with van der Waals surface area (Å²) >= 11 is 0. The van der Waals surface area contributed by atoms with Crippen LogP contribution in [0.15, 0.2) is 72.9 Å². The molecule has 2 aromatic heterocycles. The van der Waals surface area contributed by atoms with Crippen LogP contribution in [0.3, 0.4) is 0 Å². The zero-order valence-corrected chi connectivity index (χ0v) is 21.6. The Balaban J connectivity index is 1.35. The second kappa shape index (κ2) is 13.1. The summed E-state index contributed by atoms with van der Waals surface area (Å²) in [5, 5.41) is 8.36. The molecule has 9 heteroatoms. The Morgan fingerprint density at radius 2 is 1.79 bits per heavy atom. The molecule has 0 spiro atoms. The monoisotopic (exact) mass is 512 g/mol. The molecule has 196 valence electrons. The number of carbonyl (C=O) groups is 2. The fourth-order valence-corrected chi connectivity index (χ4v) is 3.98. The molecule has 0 fully saturated rings. The number of nitrogens with zero attached hydrogens (tertiary/aromatic N) is 3. The van der Waals surface area contributed by atoms with Crippen LogP contribution >= 0.6 is 0 Å². The van der Waals surface area contributed by atoms with Crippen LogP contribution in [0.2, 0.25) is 0 Å². The fourth-order valence-electron chi connectivity index (χ4n) is 3.98. The summed E-state index contributed by atoms with van der Waals surface area (Å²) in [7, 11) is 0. The summed E-state index contributed by atoms with van der Waals surface area (Å²) in [4.78, 5) is 37.7. The van der Waals surface area contributed by atoms with E-state index in [0.29, 0.717) is 29.2 Å². The van der Waals surface area contributed by atoms with Gasteiger partial charge in [0.05, 0.1) is 11.9 Å². The number of carbonyl (C=O) groups excluding carboxylic acids is 2. The van der Waals surface area contributed by atoms with Gasteiger partial charge >= 0.3 is 12.1 Å². The average molecular weight is 513 g/mol. The van der Waals surface area contributed by atoms with Crippen LogP contribution in [0.1, 0.15) is 37.8 Å². The molecular weight excluding hydrogens is 480 g/mol. The molecule has 0 aliphatic heterocycles. The van der Waals surface area contributed by atoms with Crippen molar-refractivity contribution in [3.05, 3.63) is 84.1 Å². The molecule has 38 heavy (non-hydrogen) atoms. The minimum atomic E-state index is -0.460. The fraction of sp³-hybridized carbons (Fsp3) is 0.276. The van der Waals surface area contributed by atoms with E-state index in [4.69, 9.17) is 4.74 Å². The third-order valence-electron chi connectivity index (χ3n) is 5.89. The van der Waals surface area contributed by atoms with E-state index in [0.717, 1.165) is 30.4 Å². The van der Waals surface area contributed by atoms with Gasteiger partial charge < -0.3 is 15.4 Å². The van der Waals surface area contributed by atoms with Gasteiger partial charge in [-0.2, -0.15) is 0 Å². The number of nitrogens with one attached hydrogen (secondary N) is 3. The smallest absolute Gasteiger partial charge is 0.407 e. The van der Waals surface area contributed by atoms with Crippen LogP contribution in [0.5, 0.6) is 0 Å². The summed E-state index contributed by atoms with van der Waals surface area (Å²) < 4.78 is 5.21. The lowest BCUT2D eigenvalue weighted by atomic mass is 10.1. The number of hydrogen-bond acceptors (Lipinski definition) is 6. The number of rotatable bonds is 10. The number of hydrogen-bond donors (Lipinski definition) is 3. The Morgan fingerprint density at radius 3 is 2.61 bits per heavy atom. The third-order valence-corrected chi connectivity index (χ3v) is 5.89. The van der Waals surface area contributed by atoms with Crippen molar-refractivity contribution in [2.24, 2.45) is 0 Å². The Hall–Kier alpha value is -4.53. The van der Waals surface area contributed by atoms with Crippen LogP contribution in [0, 0.1) is 0 Å². The molecule has 9 nitrogen and oxygen atoms in total. The quantitative estimate of drug-likeness (QED) is 0.259. The SMILES string of the molecule is CCNC(=O)OCc1cccc(-c2cnc3ccc(NC(=O)N[C@H](C)CCCc4ccccc4)nc3n2)c1. The number of urea groups is 1. The van der Waals surface area contributed by atoms with E-state index in [1.165, 1.54) is 5.56 Å². The summed E-state index contributed by atoms with van der Waals surface area (Å²) in [6, 6.07) is 21.0. The predicted molar refractivity (Wildman–Crippen MR) is 148 cm³/mol. The number of benzene rings is 2. The maximum absolute atomic E-state index is 12.5. The van der Waals surface area contributed by atoms with E-state index in [9.17, 15) is 9.59 Å². The van der Waals surface area contributed by atoms with Crippen molar-refractivity contribution >= 4 is 29.1 Å². The largest absolute Gasteiger partial charge is 0.445 e. The highest BCUT2D eigenvalue weighted by atomic mass is 16.5. The lowest BCUT2D eigenvalue weighted by Gasteiger charge is -2.14. The van der Waals surface area contributed by atoms with Crippen LogP contribution in [-0.4, -0.2) is 39.7 Å². The minimum absolute atomic E-state index is 0.0230. The highest BCUT2D eigenvalue weighted by Gasteiger charge is 2.11. The van der Waals surface area contributed by atoms with Crippen LogP contribution < -0.4 is 16.0 Å². The van der Waals surface area contributed by atoms with Crippen molar-refractivity contribution in [1.29, 1.82) is 0 Å². The topological polar surface area (TPSA) is 118 Å². The predicted octanol–water partition coefficient (Wildman–Crippen LogP) is 5.47. The maximum Gasteiger partial charge on any atom is 0.407 e. The molecule has 3 N–H and O–H groups in total. The number of anilines is 1. The number of ether oxygens (including phenoxy) is 1. The van der Waals surface area contributed by atoms with E-state index >= 15 is 0 Å². The van der Waals surface area contributed by atoms with Gasteiger partial charge in [-0.15, -0.1) is 0 Å². The van der Waals surface area contributed by atoms with E-state index in [1.54, 1.807) is 18.3 Å². The molecule has 3 amide bonds.